The van der Waals surface area contributed by atoms with Crippen molar-refractivity contribution in [3.63, 3.8) is 0 Å². The Kier molecular flexibility index (Phi) is 2.71. The molecule has 20 heavy (non-hydrogen) atoms. The Morgan fingerprint density at radius 3 is 2.65 bits per heavy atom. The van der Waals surface area contributed by atoms with Crippen molar-refractivity contribution in [3.05, 3.63) is 53.6 Å². The van der Waals surface area contributed by atoms with Gasteiger partial charge in [0, 0.05) is 17.8 Å². The van der Waals surface area contributed by atoms with Crippen molar-refractivity contribution in [2.45, 2.75) is 6.92 Å². The van der Waals surface area contributed by atoms with Crippen LogP contribution in [0.1, 0.15) is 16.1 Å². The van der Waals surface area contributed by atoms with E-state index in [2.05, 4.69) is 10.1 Å². The van der Waals surface area contributed by atoms with Crippen LogP contribution in [0.3, 0.4) is 0 Å². The molecular weight excluding hydrogens is 261 g/mol. The second-order valence-corrected chi connectivity index (χ2v) is 4.38. The predicted molar refractivity (Wildman–Crippen MR) is 70.1 cm³/mol. The molecule has 5 nitrogen and oxygen atoms in total. The minimum Gasteiger partial charge on any atom is -0.478 e. The number of hydrogen-bond acceptors (Lipinski definition) is 3. The van der Waals surface area contributed by atoms with Crippen LogP contribution < -0.4 is 0 Å². The minimum absolute atomic E-state index is 0.103. The third-order valence-corrected chi connectivity index (χ3v) is 3.01. The molecule has 0 bridgehead atoms. The third-order valence-electron chi connectivity index (χ3n) is 3.01. The first-order valence-corrected chi connectivity index (χ1v) is 5.91. The first-order chi connectivity index (χ1) is 9.54. The summed E-state index contributed by atoms with van der Waals surface area (Å²) in [5.41, 5.74) is 2.43. The van der Waals surface area contributed by atoms with Gasteiger partial charge in [-0.2, -0.15) is 5.10 Å². The van der Waals surface area contributed by atoms with Gasteiger partial charge in [-0.05, 0) is 31.2 Å². The maximum atomic E-state index is 12.9. The highest BCUT2D eigenvalue weighted by Crippen LogP contribution is 2.20. The molecule has 6 heteroatoms. The Morgan fingerprint density at radius 1 is 1.30 bits per heavy atom. The lowest BCUT2D eigenvalue weighted by Gasteiger charge is -2.00. The van der Waals surface area contributed by atoms with Crippen LogP contribution in [0.4, 0.5) is 4.39 Å². The van der Waals surface area contributed by atoms with E-state index in [0.29, 0.717) is 17.0 Å². The number of hydrogen-bond donors (Lipinski definition) is 1. The van der Waals surface area contributed by atoms with Gasteiger partial charge in [-0.3, -0.25) is 0 Å². The molecule has 0 radical (unpaired) electrons. The third kappa shape index (κ3) is 2.01. The minimum atomic E-state index is -1.05. The zero-order chi connectivity index (χ0) is 14.3. The Hall–Kier alpha value is -2.76. The van der Waals surface area contributed by atoms with Gasteiger partial charge >= 0.3 is 5.97 Å². The number of aromatic nitrogens is 3. The average Bonchev–Trinajstić information content (AvgIpc) is 2.81. The number of rotatable bonds is 2. The molecule has 0 saturated heterocycles. The number of carboxylic acids is 1. The molecule has 0 aliphatic carbocycles. The molecule has 0 amide bonds. The molecule has 3 rings (SSSR count). The van der Waals surface area contributed by atoms with E-state index in [1.54, 1.807) is 25.1 Å². The summed E-state index contributed by atoms with van der Waals surface area (Å²) in [4.78, 5) is 15.3. The fraction of sp³-hybridized carbons (Fsp3) is 0.0714. The van der Waals surface area contributed by atoms with Gasteiger partial charge in [0.05, 0.1) is 17.0 Å². The van der Waals surface area contributed by atoms with E-state index < -0.39 is 5.97 Å². The van der Waals surface area contributed by atoms with Crippen LogP contribution in [0.2, 0.25) is 0 Å². The summed E-state index contributed by atoms with van der Waals surface area (Å²) in [6, 6.07) is 7.65. The van der Waals surface area contributed by atoms with Crippen molar-refractivity contribution in [1.82, 2.24) is 14.6 Å². The van der Waals surface area contributed by atoms with E-state index in [9.17, 15) is 9.18 Å². The summed E-state index contributed by atoms with van der Waals surface area (Å²) >= 11 is 0. The van der Waals surface area contributed by atoms with Gasteiger partial charge < -0.3 is 5.11 Å². The average molecular weight is 271 g/mol. The quantitative estimate of drug-likeness (QED) is 0.777. The first-order valence-electron chi connectivity index (χ1n) is 5.91. The lowest BCUT2D eigenvalue weighted by molar-refractivity contribution is 0.0695. The summed E-state index contributed by atoms with van der Waals surface area (Å²) in [7, 11) is 0. The fourth-order valence-electron chi connectivity index (χ4n) is 1.98. The van der Waals surface area contributed by atoms with Crippen LogP contribution in [0.15, 0.2) is 36.5 Å². The Balaban J connectivity index is 2.15. The lowest BCUT2D eigenvalue weighted by atomic mass is 10.1. The van der Waals surface area contributed by atoms with E-state index in [0.717, 1.165) is 5.56 Å². The summed E-state index contributed by atoms with van der Waals surface area (Å²) in [6.07, 6.45) is 1.42. The molecule has 0 unspecified atom stereocenters. The number of halogens is 1. The van der Waals surface area contributed by atoms with Crippen LogP contribution in [0, 0.1) is 12.7 Å². The second kappa shape index (κ2) is 4.41. The Bertz CT molecular complexity index is 809. The van der Waals surface area contributed by atoms with Crippen molar-refractivity contribution in [2.24, 2.45) is 0 Å². The molecule has 1 aromatic carbocycles. The summed E-state index contributed by atoms with van der Waals surface area (Å²) in [5.74, 6) is -1.37. The largest absolute Gasteiger partial charge is 0.478 e. The molecule has 3 aromatic rings. The van der Waals surface area contributed by atoms with Gasteiger partial charge in [0.15, 0.2) is 5.65 Å². The zero-order valence-electron chi connectivity index (χ0n) is 10.5. The fourth-order valence-corrected chi connectivity index (χ4v) is 1.98. The van der Waals surface area contributed by atoms with Crippen LogP contribution in [0.25, 0.3) is 16.9 Å². The van der Waals surface area contributed by atoms with Gasteiger partial charge in [0.25, 0.3) is 0 Å². The van der Waals surface area contributed by atoms with Crippen LogP contribution in [-0.2, 0) is 0 Å². The number of carbonyl (C=O) groups is 1. The number of nitrogens with zero attached hydrogens (tertiary/aromatic N) is 3. The summed E-state index contributed by atoms with van der Waals surface area (Å²) in [6.45, 7) is 1.63. The van der Waals surface area contributed by atoms with Gasteiger partial charge in [0.1, 0.15) is 5.82 Å². The van der Waals surface area contributed by atoms with Crippen molar-refractivity contribution in [2.75, 3.05) is 0 Å². The lowest BCUT2D eigenvalue weighted by Crippen LogP contribution is -2.05. The molecule has 0 atom stereocenters. The Morgan fingerprint density at radius 2 is 2.00 bits per heavy atom. The summed E-state index contributed by atoms with van der Waals surface area (Å²) < 4.78 is 14.3. The SMILES string of the molecule is Cc1nc2cc(-c3ccc(F)cc3)nn2cc1C(=O)O. The summed E-state index contributed by atoms with van der Waals surface area (Å²) in [5, 5.41) is 13.3. The van der Waals surface area contributed by atoms with E-state index >= 15 is 0 Å². The number of benzene rings is 1. The van der Waals surface area contributed by atoms with Crippen LogP contribution in [-0.4, -0.2) is 25.7 Å². The van der Waals surface area contributed by atoms with E-state index in [1.165, 1.54) is 22.8 Å². The number of carboxylic acid groups (broad SMARTS) is 1. The number of aryl methyl sites for hydroxylation is 1. The smallest absolute Gasteiger partial charge is 0.339 e. The monoisotopic (exact) mass is 271 g/mol. The first kappa shape index (κ1) is 12.3. The maximum Gasteiger partial charge on any atom is 0.339 e. The molecule has 0 aliphatic rings. The topological polar surface area (TPSA) is 67.5 Å². The Labute approximate surface area is 113 Å². The van der Waals surface area contributed by atoms with Crippen molar-refractivity contribution in [3.8, 4) is 11.3 Å². The van der Waals surface area contributed by atoms with Crippen LogP contribution >= 0.6 is 0 Å². The number of aromatic carboxylic acids is 1. The van der Waals surface area contributed by atoms with Crippen LogP contribution in [0.5, 0.6) is 0 Å². The molecule has 2 aromatic heterocycles. The van der Waals surface area contributed by atoms with E-state index in [1.807, 2.05) is 0 Å². The second-order valence-electron chi connectivity index (χ2n) is 4.38. The zero-order valence-corrected chi connectivity index (χ0v) is 10.5. The highest BCUT2D eigenvalue weighted by Gasteiger charge is 2.12. The molecule has 100 valence electrons. The van der Waals surface area contributed by atoms with Gasteiger partial charge in [-0.15, -0.1) is 0 Å². The highest BCUT2D eigenvalue weighted by molar-refractivity contribution is 5.88. The molecule has 0 aliphatic heterocycles. The van der Waals surface area contributed by atoms with Crippen molar-refractivity contribution < 1.29 is 14.3 Å². The van der Waals surface area contributed by atoms with Crippen molar-refractivity contribution >= 4 is 11.6 Å². The standard InChI is InChI=1S/C14H10FN3O2/c1-8-11(14(19)20)7-18-13(16-8)6-12(17-18)9-2-4-10(15)5-3-9/h2-7H,1H3,(H,19,20). The maximum absolute atomic E-state index is 12.9. The molecular formula is C14H10FN3O2. The van der Waals surface area contributed by atoms with Gasteiger partial charge in [-0.25, -0.2) is 18.7 Å². The van der Waals surface area contributed by atoms with Gasteiger partial charge in [0.2, 0.25) is 0 Å². The van der Waals surface area contributed by atoms with E-state index in [-0.39, 0.29) is 11.4 Å². The number of fused-ring (bicyclic) bond motifs is 1. The molecule has 1 N–H and O–H groups in total. The van der Waals surface area contributed by atoms with E-state index in [4.69, 9.17) is 5.11 Å². The van der Waals surface area contributed by atoms with Crippen molar-refractivity contribution in [1.29, 1.82) is 0 Å². The molecule has 2 heterocycles. The highest BCUT2D eigenvalue weighted by atomic mass is 19.1. The predicted octanol–water partition coefficient (Wildman–Crippen LogP) is 2.54. The normalized spacial score (nSPS) is 10.9. The van der Waals surface area contributed by atoms with Gasteiger partial charge in [-0.1, -0.05) is 0 Å². The molecule has 0 fully saturated rings. The molecule has 0 saturated carbocycles. The molecule has 0 spiro atoms.